The summed E-state index contributed by atoms with van der Waals surface area (Å²) in [6.07, 6.45) is 0. The first-order chi connectivity index (χ1) is 10.0. The molecule has 1 saturated heterocycles. The fraction of sp³-hybridized carbons (Fsp3) is 0.429. The summed E-state index contributed by atoms with van der Waals surface area (Å²) in [6, 6.07) is 6.56. The number of nitrogens with two attached hydrogens (primary N) is 1. The molecular formula is C14H21N5O2. The van der Waals surface area contributed by atoms with Crippen LogP contribution in [-0.4, -0.2) is 61.5 Å². The van der Waals surface area contributed by atoms with Gasteiger partial charge in [0.15, 0.2) is 0 Å². The predicted octanol–water partition coefficient (Wildman–Crippen LogP) is -0.723. The van der Waals surface area contributed by atoms with Gasteiger partial charge in [0.05, 0.1) is 6.54 Å². The van der Waals surface area contributed by atoms with Crippen LogP contribution >= 0.6 is 0 Å². The number of amides is 2. The second-order valence-corrected chi connectivity index (χ2v) is 5.13. The van der Waals surface area contributed by atoms with Crippen LogP contribution in [0.4, 0.5) is 5.69 Å². The molecule has 0 bridgehead atoms. The number of rotatable bonds is 4. The van der Waals surface area contributed by atoms with E-state index in [-0.39, 0.29) is 18.4 Å². The summed E-state index contributed by atoms with van der Waals surface area (Å²) in [5, 5.41) is 4.46. The zero-order valence-electron chi connectivity index (χ0n) is 12.1. The van der Waals surface area contributed by atoms with Crippen LogP contribution < -0.4 is 16.5 Å². The SMILES string of the molecule is CN1CCN(NC(=O)CNC(=O)c2ccc(N)cc2)CC1. The van der Waals surface area contributed by atoms with Crippen LogP contribution in [0.5, 0.6) is 0 Å². The summed E-state index contributed by atoms with van der Waals surface area (Å²) in [5.41, 5.74) is 9.43. The number of hydrogen-bond donors (Lipinski definition) is 3. The second kappa shape index (κ2) is 7.05. The number of anilines is 1. The van der Waals surface area contributed by atoms with Crippen molar-refractivity contribution in [3.05, 3.63) is 29.8 Å². The van der Waals surface area contributed by atoms with Crippen molar-refractivity contribution >= 4 is 17.5 Å². The molecule has 0 radical (unpaired) electrons. The number of hydrazine groups is 1. The van der Waals surface area contributed by atoms with Gasteiger partial charge in [-0.1, -0.05) is 0 Å². The molecule has 2 rings (SSSR count). The minimum Gasteiger partial charge on any atom is -0.399 e. The average Bonchev–Trinajstić information content (AvgIpc) is 2.48. The molecule has 1 aliphatic rings. The first-order valence-electron chi connectivity index (χ1n) is 6.91. The molecule has 7 heteroatoms. The molecule has 114 valence electrons. The topological polar surface area (TPSA) is 90.7 Å². The lowest BCUT2D eigenvalue weighted by Crippen LogP contribution is -2.54. The van der Waals surface area contributed by atoms with E-state index in [1.54, 1.807) is 24.3 Å². The quantitative estimate of drug-likeness (QED) is 0.637. The summed E-state index contributed by atoms with van der Waals surface area (Å²) < 4.78 is 0. The van der Waals surface area contributed by atoms with Crippen molar-refractivity contribution in [1.29, 1.82) is 0 Å². The highest BCUT2D eigenvalue weighted by Gasteiger charge is 2.16. The highest BCUT2D eigenvalue weighted by atomic mass is 16.2. The summed E-state index contributed by atoms with van der Waals surface area (Å²) in [5.74, 6) is -0.508. The van der Waals surface area contributed by atoms with Gasteiger partial charge in [-0.2, -0.15) is 0 Å². The average molecular weight is 291 g/mol. The molecule has 1 fully saturated rings. The van der Waals surface area contributed by atoms with Gasteiger partial charge in [-0.3, -0.25) is 15.0 Å². The molecule has 1 aromatic carbocycles. The van der Waals surface area contributed by atoms with E-state index >= 15 is 0 Å². The van der Waals surface area contributed by atoms with Gasteiger partial charge in [-0.25, -0.2) is 5.01 Å². The maximum Gasteiger partial charge on any atom is 0.253 e. The highest BCUT2D eigenvalue weighted by molar-refractivity contribution is 5.96. The van der Waals surface area contributed by atoms with E-state index in [2.05, 4.69) is 15.6 Å². The lowest BCUT2D eigenvalue weighted by Gasteiger charge is -2.32. The minimum absolute atomic E-state index is 0.0461. The first-order valence-corrected chi connectivity index (χ1v) is 6.91. The van der Waals surface area contributed by atoms with Crippen molar-refractivity contribution in [2.45, 2.75) is 0 Å². The van der Waals surface area contributed by atoms with Gasteiger partial charge < -0.3 is 16.0 Å². The number of nitrogen functional groups attached to an aromatic ring is 1. The number of likely N-dealkylation sites (N-methyl/N-ethyl adjacent to an activating group) is 1. The Hall–Kier alpha value is -2.12. The van der Waals surface area contributed by atoms with Gasteiger partial charge >= 0.3 is 0 Å². The van der Waals surface area contributed by atoms with Crippen molar-refractivity contribution < 1.29 is 9.59 Å². The van der Waals surface area contributed by atoms with Gasteiger partial charge in [-0.15, -0.1) is 0 Å². The zero-order chi connectivity index (χ0) is 15.2. The number of carbonyl (C=O) groups excluding carboxylic acids is 2. The smallest absolute Gasteiger partial charge is 0.253 e. The Kier molecular flexibility index (Phi) is 5.13. The summed E-state index contributed by atoms with van der Waals surface area (Å²) in [4.78, 5) is 25.8. The third kappa shape index (κ3) is 4.73. The molecule has 1 aliphatic heterocycles. The van der Waals surface area contributed by atoms with Crippen LogP contribution in [0, 0.1) is 0 Å². The number of piperazine rings is 1. The van der Waals surface area contributed by atoms with E-state index in [4.69, 9.17) is 5.73 Å². The summed E-state index contributed by atoms with van der Waals surface area (Å²) in [6.45, 7) is 3.36. The van der Waals surface area contributed by atoms with Gasteiger partial charge in [-0.05, 0) is 31.3 Å². The van der Waals surface area contributed by atoms with Crippen LogP contribution in [-0.2, 0) is 4.79 Å². The van der Waals surface area contributed by atoms with Crippen LogP contribution in [0.15, 0.2) is 24.3 Å². The normalized spacial score (nSPS) is 16.4. The number of nitrogens with zero attached hydrogens (tertiary/aromatic N) is 2. The fourth-order valence-corrected chi connectivity index (χ4v) is 2.03. The molecule has 2 amide bonds. The molecule has 0 atom stereocenters. The molecule has 0 aromatic heterocycles. The monoisotopic (exact) mass is 291 g/mol. The molecule has 4 N–H and O–H groups in total. The van der Waals surface area contributed by atoms with Gasteiger partial charge in [0, 0.05) is 37.4 Å². The Labute approximate surface area is 124 Å². The van der Waals surface area contributed by atoms with E-state index in [0.29, 0.717) is 11.3 Å². The number of carbonyl (C=O) groups is 2. The molecule has 0 aliphatic carbocycles. The maximum atomic E-state index is 11.8. The Morgan fingerprint density at radius 2 is 1.76 bits per heavy atom. The van der Waals surface area contributed by atoms with Crippen molar-refractivity contribution in [3.63, 3.8) is 0 Å². The van der Waals surface area contributed by atoms with E-state index in [1.807, 2.05) is 12.1 Å². The van der Waals surface area contributed by atoms with Crippen LogP contribution in [0.25, 0.3) is 0 Å². The van der Waals surface area contributed by atoms with E-state index in [0.717, 1.165) is 26.2 Å². The maximum absolute atomic E-state index is 11.8. The molecule has 21 heavy (non-hydrogen) atoms. The fourth-order valence-electron chi connectivity index (χ4n) is 2.03. The number of hydrogen-bond acceptors (Lipinski definition) is 5. The van der Waals surface area contributed by atoms with Crippen molar-refractivity contribution in [2.24, 2.45) is 0 Å². The molecule has 7 nitrogen and oxygen atoms in total. The van der Waals surface area contributed by atoms with Crippen LogP contribution in [0.1, 0.15) is 10.4 Å². The first kappa shape index (κ1) is 15.3. The lowest BCUT2D eigenvalue weighted by molar-refractivity contribution is -0.125. The largest absolute Gasteiger partial charge is 0.399 e. The third-order valence-corrected chi connectivity index (χ3v) is 3.37. The molecule has 1 heterocycles. The number of nitrogens with one attached hydrogen (secondary N) is 2. The van der Waals surface area contributed by atoms with Crippen LogP contribution in [0.3, 0.4) is 0 Å². The third-order valence-electron chi connectivity index (χ3n) is 3.37. The Balaban J connectivity index is 1.73. The number of benzene rings is 1. The Bertz CT molecular complexity index is 495. The molecule has 0 unspecified atom stereocenters. The minimum atomic E-state index is -0.288. The van der Waals surface area contributed by atoms with Crippen molar-refractivity contribution in [2.75, 3.05) is 45.5 Å². The lowest BCUT2D eigenvalue weighted by atomic mass is 10.2. The van der Waals surface area contributed by atoms with Crippen molar-refractivity contribution in [3.8, 4) is 0 Å². The van der Waals surface area contributed by atoms with E-state index < -0.39 is 0 Å². The summed E-state index contributed by atoms with van der Waals surface area (Å²) >= 11 is 0. The van der Waals surface area contributed by atoms with Crippen LogP contribution in [0.2, 0.25) is 0 Å². The standard InChI is InChI=1S/C14H21N5O2/c1-18-6-8-19(9-7-18)17-13(20)10-16-14(21)11-2-4-12(15)5-3-11/h2-5H,6-10,15H2,1H3,(H,16,21)(H,17,20). The Morgan fingerprint density at radius 1 is 1.14 bits per heavy atom. The van der Waals surface area contributed by atoms with Gasteiger partial charge in [0.25, 0.3) is 11.8 Å². The molecular weight excluding hydrogens is 270 g/mol. The van der Waals surface area contributed by atoms with Gasteiger partial charge in [0.1, 0.15) is 0 Å². The molecule has 0 spiro atoms. The molecule has 0 saturated carbocycles. The predicted molar refractivity (Wildman–Crippen MR) is 80.4 cm³/mol. The molecule has 1 aromatic rings. The highest BCUT2D eigenvalue weighted by Crippen LogP contribution is 2.04. The van der Waals surface area contributed by atoms with E-state index in [9.17, 15) is 9.59 Å². The van der Waals surface area contributed by atoms with Crippen molar-refractivity contribution in [1.82, 2.24) is 20.7 Å². The summed E-state index contributed by atoms with van der Waals surface area (Å²) in [7, 11) is 2.05. The zero-order valence-corrected chi connectivity index (χ0v) is 12.1. The van der Waals surface area contributed by atoms with E-state index in [1.165, 1.54) is 0 Å². The Morgan fingerprint density at radius 3 is 2.38 bits per heavy atom. The van der Waals surface area contributed by atoms with Gasteiger partial charge in [0.2, 0.25) is 0 Å². The second-order valence-electron chi connectivity index (χ2n) is 5.13.